The van der Waals surface area contributed by atoms with E-state index >= 15 is 0 Å². The van der Waals surface area contributed by atoms with Crippen LogP contribution in [0.2, 0.25) is 0 Å². The van der Waals surface area contributed by atoms with Gasteiger partial charge in [-0.25, -0.2) is 4.39 Å². The number of amides is 2. The van der Waals surface area contributed by atoms with Gasteiger partial charge in [-0.15, -0.1) is 0 Å². The molecule has 0 aromatic heterocycles. The molecule has 2 amide bonds. The van der Waals surface area contributed by atoms with Crippen LogP contribution in [0, 0.1) is 11.7 Å². The summed E-state index contributed by atoms with van der Waals surface area (Å²) in [6, 6.07) is 13.6. The first-order chi connectivity index (χ1) is 14.4. The number of anilines is 2. The standard InChI is InChI=1S/C23H24FN3O3/c1-16(28)17-6-8-19(9-7-17)25-10-12-26(13-11-25)23(30)18-14-22(29)27(15-18)21-5-3-2-4-20(21)24/h2-9,18H,10-15H2,1H3/t18-/m1/s1. The van der Waals surface area contributed by atoms with Crippen molar-refractivity contribution in [1.29, 1.82) is 0 Å². The van der Waals surface area contributed by atoms with E-state index in [0.29, 0.717) is 31.7 Å². The summed E-state index contributed by atoms with van der Waals surface area (Å²) in [6.45, 7) is 4.26. The number of nitrogens with zero attached hydrogens (tertiary/aromatic N) is 3. The maximum absolute atomic E-state index is 14.1. The van der Waals surface area contributed by atoms with Crippen molar-refractivity contribution in [2.24, 2.45) is 5.92 Å². The SMILES string of the molecule is CC(=O)c1ccc(N2CCN(C(=O)[C@@H]3CC(=O)N(c4ccccc4F)C3)CC2)cc1. The Hall–Kier alpha value is -3.22. The van der Waals surface area contributed by atoms with Crippen molar-refractivity contribution in [3.63, 3.8) is 0 Å². The lowest BCUT2D eigenvalue weighted by molar-refractivity contribution is -0.136. The Morgan fingerprint density at radius 2 is 1.63 bits per heavy atom. The fourth-order valence-electron chi connectivity index (χ4n) is 4.13. The van der Waals surface area contributed by atoms with E-state index in [-0.39, 0.29) is 36.3 Å². The summed E-state index contributed by atoms with van der Waals surface area (Å²) in [7, 11) is 0. The lowest BCUT2D eigenvalue weighted by Crippen LogP contribution is -2.50. The van der Waals surface area contributed by atoms with Crippen molar-refractivity contribution in [3.05, 3.63) is 59.9 Å². The molecule has 2 aliphatic rings. The second kappa shape index (κ2) is 8.26. The summed E-state index contributed by atoms with van der Waals surface area (Å²) in [6.07, 6.45) is 0.111. The van der Waals surface area contributed by atoms with Crippen molar-refractivity contribution >= 4 is 29.0 Å². The van der Waals surface area contributed by atoms with E-state index < -0.39 is 11.7 Å². The molecular weight excluding hydrogens is 385 g/mol. The van der Waals surface area contributed by atoms with Crippen LogP contribution in [0.3, 0.4) is 0 Å². The van der Waals surface area contributed by atoms with E-state index in [4.69, 9.17) is 0 Å². The number of carbonyl (C=O) groups excluding carboxylic acids is 3. The third kappa shape index (κ3) is 3.92. The molecule has 2 heterocycles. The van der Waals surface area contributed by atoms with Crippen molar-refractivity contribution in [2.75, 3.05) is 42.5 Å². The number of Topliss-reactive ketones (excluding diaryl/α,β-unsaturated/α-hetero) is 1. The van der Waals surface area contributed by atoms with E-state index in [9.17, 15) is 18.8 Å². The van der Waals surface area contributed by atoms with Gasteiger partial charge in [0.25, 0.3) is 0 Å². The normalized spacial score (nSPS) is 19.3. The van der Waals surface area contributed by atoms with Crippen LogP contribution in [0.1, 0.15) is 23.7 Å². The quantitative estimate of drug-likeness (QED) is 0.729. The first-order valence-electron chi connectivity index (χ1n) is 10.1. The first-order valence-corrected chi connectivity index (χ1v) is 10.1. The van der Waals surface area contributed by atoms with E-state index in [1.165, 1.54) is 11.0 Å². The largest absolute Gasteiger partial charge is 0.368 e. The van der Waals surface area contributed by atoms with Crippen LogP contribution < -0.4 is 9.80 Å². The summed E-state index contributed by atoms with van der Waals surface area (Å²) >= 11 is 0. The number of halogens is 1. The van der Waals surface area contributed by atoms with Gasteiger partial charge in [0.15, 0.2) is 5.78 Å². The molecular formula is C23H24FN3O3. The molecule has 156 valence electrons. The number of ketones is 1. The van der Waals surface area contributed by atoms with Crippen LogP contribution in [-0.2, 0) is 9.59 Å². The van der Waals surface area contributed by atoms with Gasteiger partial charge in [-0.2, -0.15) is 0 Å². The zero-order chi connectivity index (χ0) is 21.3. The molecule has 0 spiro atoms. The Labute approximate surface area is 174 Å². The van der Waals surface area contributed by atoms with Crippen LogP contribution in [0.15, 0.2) is 48.5 Å². The Bertz CT molecular complexity index is 968. The molecule has 2 aliphatic heterocycles. The molecule has 0 aliphatic carbocycles. The smallest absolute Gasteiger partial charge is 0.228 e. The molecule has 0 unspecified atom stereocenters. The molecule has 0 saturated carbocycles. The fraction of sp³-hybridized carbons (Fsp3) is 0.348. The van der Waals surface area contributed by atoms with E-state index in [0.717, 1.165) is 5.69 Å². The molecule has 30 heavy (non-hydrogen) atoms. The predicted octanol–water partition coefficient (Wildman–Crippen LogP) is 2.73. The number of carbonyl (C=O) groups is 3. The lowest BCUT2D eigenvalue weighted by Gasteiger charge is -2.37. The molecule has 4 rings (SSSR count). The molecule has 7 heteroatoms. The highest BCUT2D eigenvalue weighted by Crippen LogP contribution is 2.29. The number of para-hydroxylation sites is 1. The van der Waals surface area contributed by atoms with Crippen LogP contribution >= 0.6 is 0 Å². The van der Waals surface area contributed by atoms with Crippen molar-refractivity contribution in [3.8, 4) is 0 Å². The molecule has 6 nitrogen and oxygen atoms in total. The van der Waals surface area contributed by atoms with Crippen LogP contribution in [-0.4, -0.2) is 55.2 Å². The number of hydrogen-bond acceptors (Lipinski definition) is 4. The molecule has 0 N–H and O–H groups in total. The van der Waals surface area contributed by atoms with Gasteiger partial charge in [0, 0.05) is 50.4 Å². The summed E-state index contributed by atoms with van der Waals surface area (Å²) in [5.74, 6) is -1.13. The minimum atomic E-state index is -0.455. The summed E-state index contributed by atoms with van der Waals surface area (Å²) < 4.78 is 14.1. The lowest BCUT2D eigenvalue weighted by atomic mass is 10.1. The highest BCUT2D eigenvalue weighted by Gasteiger charge is 2.38. The second-order valence-corrected chi connectivity index (χ2v) is 7.77. The molecule has 1 atom stereocenters. The highest BCUT2D eigenvalue weighted by atomic mass is 19.1. The summed E-state index contributed by atoms with van der Waals surface area (Å²) in [5, 5.41) is 0. The number of benzene rings is 2. The van der Waals surface area contributed by atoms with Gasteiger partial charge < -0.3 is 14.7 Å². The Kier molecular flexibility index (Phi) is 5.53. The average Bonchev–Trinajstić information content (AvgIpc) is 3.15. The maximum atomic E-state index is 14.1. The van der Waals surface area contributed by atoms with Crippen LogP contribution in [0.4, 0.5) is 15.8 Å². The van der Waals surface area contributed by atoms with E-state index in [1.54, 1.807) is 30.0 Å². The van der Waals surface area contributed by atoms with Crippen molar-refractivity contribution in [2.45, 2.75) is 13.3 Å². The highest BCUT2D eigenvalue weighted by molar-refractivity contribution is 6.00. The van der Waals surface area contributed by atoms with Crippen LogP contribution in [0.25, 0.3) is 0 Å². The van der Waals surface area contributed by atoms with Gasteiger partial charge in [-0.05, 0) is 43.3 Å². The fourth-order valence-corrected chi connectivity index (χ4v) is 4.13. The molecule has 0 bridgehead atoms. The van der Waals surface area contributed by atoms with Crippen molar-refractivity contribution < 1.29 is 18.8 Å². The van der Waals surface area contributed by atoms with Gasteiger partial charge in [-0.3, -0.25) is 14.4 Å². The Morgan fingerprint density at radius 1 is 0.967 bits per heavy atom. The maximum Gasteiger partial charge on any atom is 0.228 e. The molecule has 2 aromatic rings. The molecule has 0 radical (unpaired) electrons. The average molecular weight is 409 g/mol. The topological polar surface area (TPSA) is 60.9 Å². The zero-order valence-corrected chi connectivity index (χ0v) is 16.9. The zero-order valence-electron chi connectivity index (χ0n) is 16.9. The molecule has 2 saturated heterocycles. The van der Waals surface area contributed by atoms with Gasteiger partial charge >= 0.3 is 0 Å². The van der Waals surface area contributed by atoms with Gasteiger partial charge in [0.2, 0.25) is 11.8 Å². The third-order valence-corrected chi connectivity index (χ3v) is 5.85. The number of hydrogen-bond donors (Lipinski definition) is 0. The summed E-state index contributed by atoms with van der Waals surface area (Å²) in [4.78, 5) is 42.1. The van der Waals surface area contributed by atoms with Gasteiger partial charge in [-0.1, -0.05) is 12.1 Å². The number of piperazine rings is 1. The Balaban J connectivity index is 1.36. The minimum absolute atomic E-state index is 0.0347. The van der Waals surface area contributed by atoms with Crippen LogP contribution in [0.5, 0.6) is 0 Å². The minimum Gasteiger partial charge on any atom is -0.368 e. The van der Waals surface area contributed by atoms with Gasteiger partial charge in [0.05, 0.1) is 11.6 Å². The monoisotopic (exact) mass is 409 g/mol. The molecule has 2 fully saturated rings. The number of rotatable bonds is 4. The van der Waals surface area contributed by atoms with Crippen molar-refractivity contribution in [1.82, 2.24) is 4.90 Å². The van der Waals surface area contributed by atoms with E-state index in [1.807, 2.05) is 24.3 Å². The third-order valence-electron chi connectivity index (χ3n) is 5.85. The second-order valence-electron chi connectivity index (χ2n) is 7.77. The first kappa shape index (κ1) is 20.1. The summed E-state index contributed by atoms with van der Waals surface area (Å²) in [5.41, 5.74) is 1.93. The van der Waals surface area contributed by atoms with Gasteiger partial charge in [0.1, 0.15) is 5.82 Å². The predicted molar refractivity (Wildman–Crippen MR) is 112 cm³/mol. The van der Waals surface area contributed by atoms with E-state index in [2.05, 4.69) is 4.90 Å². The Morgan fingerprint density at radius 3 is 2.27 bits per heavy atom. The molecule has 2 aromatic carbocycles.